The second-order valence-electron chi connectivity index (χ2n) is 4.49. The van der Waals surface area contributed by atoms with Gasteiger partial charge in [-0.15, -0.1) is 0 Å². The second-order valence-corrected chi connectivity index (χ2v) is 6.04. The van der Waals surface area contributed by atoms with Crippen molar-refractivity contribution in [3.8, 4) is 0 Å². The average molecular weight is 292 g/mol. The van der Waals surface area contributed by atoms with E-state index in [-0.39, 0.29) is 6.04 Å². The smallest absolute Gasteiger partial charge is 0.0406 e. The predicted octanol–water partition coefficient (Wildman–Crippen LogP) is 5.29. The van der Waals surface area contributed by atoms with Gasteiger partial charge in [0.15, 0.2) is 0 Å². The number of halogens is 1. The third kappa shape index (κ3) is 4.00. The third-order valence-electron chi connectivity index (χ3n) is 2.96. The molecule has 19 heavy (non-hydrogen) atoms. The summed E-state index contributed by atoms with van der Waals surface area (Å²) < 4.78 is 0. The van der Waals surface area contributed by atoms with Crippen LogP contribution >= 0.6 is 23.4 Å². The zero-order valence-corrected chi connectivity index (χ0v) is 12.5. The third-order valence-corrected chi connectivity index (χ3v) is 4.31. The molecule has 2 aromatic carbocycles. The highest BCUT2D eigenvalue weighted by atomic mass is 35.5. The van der Waals surface area contributed by atoms with Gasteiger partial charge in [0.25, 0.3) is 0 Å². The molecular formula is C16H18ClNS. The first-order valence-electron chi connectivity index (χ1n) is 6.48. The van der Waals surface area contributed by atoms with Crippen LogP contribution in [0.4, 0.5) is 0 Å². The van der Waals surface area contributed by atoms with E-state index in [1.807, 2.05) is 24.3 Å². The quantitative estimate of drug-likeness (QED) is 0.810. The van der Waals surface area contributed by atoms with Crippen LogP contribution in [0.1, 0.15) is 31.4 Å². The van der Waals surface area contributed by atoms with Crippen molar-refractivity contribution < 1.29 is 0 Å². The lowest BCUT2D eigenvalue weighted by molar-refractivity contribution is 0.629. The maximum absolute atomic E-state index is 6.25. The van der Waals surface area contributed by atoms with Crippen molar-refractivity contribution in [3.05, 3.63) is 59.1 Å². The fourth-order valence-electron chi connectivity index (χ4n) is 1.98. The van der Waals surface area contributed by atoms with E-state index in [2.05, 4.69) is 31.2 Å². The molecule has 0 saturated heterocycles. The molecule has 0 spiro atoms. The van der Waals surface area contributed by atoms with Crippen LogP contribution in [0.2, 0.25) is 5.02 Å². The van der Waals surface area contributed by atoms with Gasteiger partial charge in [0.2, 0.25) is 0 Å². The number of benzene rings is 2. The Labute approximate surface area is 124 Å². The van der Waals surface area contributed by atoms with Gasteiger partial charge in [0.05, 0.1) is 0 Å². The van der Waals surface area contributed by atoms with Crippen molar-refractivity contribution >= 4 is 23.4 Å². The zero-order chi connectivity index (χ0) is 13.7. The molecular weight excluding hydrogens is 274 g/mol. The van der Waals surface area contributed by atoms with Gasteiger partial charge in [-0.25, -0.2) is 0 Å². The molecule has 0 aromatic heterocycles. The molecule has 2 N–H and O–H groups in total. The highest BCUT2D eigenvalue weighted by Gasteiger charge is 2.10. The summed E-state index contributed by atoms with van der Waals surface area (Å²) in [6.07, 6.45) is 2.11. The zero-order valence-electron chi connectivity index (χ0n) is 11.0. The first-order valence-corrected chi connectivity index (χ1v) is 7.68. The summed E-state index contributed by atoms with van der Waals surface area (Å²) in [6, 6.07) is 16.4. The van der Waals surface area contributed by atoms with Gasteiger partial charge in [0, 0.05) is 20.9 Å². The fraction of sp³-hybridized carbons (Fsp3) is 0.250. The molecule has 0 unspecified atom stereocenters. The van der Waals surface area contributed by atoms with Crippen LogP contribution in [0, 0.1) is 0 Å². The van der Waals surface area contributed by atoms with Crippen LogP contribution in [0.25, 0.3) is 0 Å². The normalized spacial score (nSPS) is 12.4. The lowest BCUT2D eigenvalue weighted by atomic mass is 10.0. The van der Waals surface area contributed by atoms with Crippen LogP contribution in [0.3, 0.4) is 0 Å². The maximum Gasteiger partial charge on any atom is 0.0406 e. The highest BCUT2D eigenvalue weighted by molar-refractivity contribution is 7.99. The first kappa shape index (κ1) is 14.4. The van der Waals surface area contributed by atoms with Gasteiger partial charge in [-0.2, -0.15) is 0 Å². The van der Waals surface area contributed by atoms with E-state index in [9.17, 15) is 0 Å². The molecule has 0 fully saturated rings. The average Bonchev–Trinajstić information content (AvgIpc) is 2.42. The molecule has 2 aromatic rings. The number of hydrogen-bond donors (Lipinski definition) is 1. The SMILES string of the molecule is CCC[C@H](N)c1ccccc1Sc1ccc(Cl)cc1. The van der Waals surface area contributed by atoms with Gasteiger partial charge in [-0.1, -0.05) is 54.9 Å². The molecule has 2 rings (SSSR count). The summed E-state index contributed by atoms with van der Waals surface area (Å²) >= 11 is 7.65. The Kier molecular flexibility index (Phi) is 5.32. The molecule has 0 heterocycles. The van der Waals surface area contributed by atoms with Crippen molar-refractivity contribution in [1.82, 2.24) is 0 Å². The molecule has 0 aliphatic heterocycles. The van der Waals surface area contributed by atoms with E-state index in [1.165, 1.54) is 15.4 Å². The van der Waals surface area contributed by atoms with Gasteiger partial charge >= 0.3 is 0 Å². The largest absolute Gasteiger partial charge is 0.324 e. The van der Waals surface area contributed by atoms with Crippen LogP contribution in [-0.2, 0) is 0 Å². The number of hydrogen-bond acceptors (Lipinski definition) is 2. The van der Waals surface area contributed by atoms with E-state index >= 15 is 0 Å². The Bertz CT molecular complexity index is 525. The second kappa shape index (κ2) is 6.99. The minimum Gasteiger partial charge on any atom is -0.324 e. The van der Waals surface area contributed by atoms with E-state index in [4.69, 9.17) is 17.3 Å². The monoisotopic (exact) mass is 291 g/mol. The summed E-state index contributed by atoms with van der Waals surface area (Å²) in [6.45, 7) is 2.16. The molecule has 0 aliphatic carbocycles. The minimum atomic E-state index is 0.112. The molecule has 100 valence electrons. The molecule has 0 bridgehead atoms. The van der Waals surface area contributed by atoms with Gasteiger partial charge in [0.1, 0.15) is 0 Å². The lowest BCUT2D eigenvalue weighted by Gasteiger charge is -2.15. The summed E-state index contributed by atoms with van der Waals surface area (Å²) in [7, 11) is 0. The van der Waals surface area contributed by atoms with Crippen molar-refractivity contribution in [2.24, 2.45) is 5.73 Å². The van der Waals surface area contributed by atoms with Gasteiger partial charge in [-0.3, -0.25) is 0 Å². The van der Waals surface area contributed by atoms with Crippen molar-refractivity contribution in [1.29, 1.82) is 0 Å². The Morgan fingerprint density at radius 3 is 2.47 bits per heavy atom. The molecule has 3 heteroatoms. The van der Waals surface area contributed by atoms with Crippen molar-refractivity contribution in [2.45, 2.75) is 35.6 Å². The lowest BCUT2D eigenvalue weighted by Crippen LogP contribution is -2.10. The Hall–Kier alpha value is -0.960. The standard InChI is InChI=1S/C16H18ClNS/c1-2-5-15(18)14-6-3-4-7-16(14)19-13-10-8-12(17)9-11-13/h3-4,6-11,15H,2,5,18H2,1H3/t15-/m0/s1. The van der Waals surface area contributed by atoms with Crippen LogP contribution in [0.5, 0.6) is 0 Å². The molecule has 0 aliphatic rings. The molecule has 0 radical (unpaired) electrons. The topological polar surface area (TPSA) is 26.0 Å². The van der Waals surface area contributed by atoms with Crippen LogP contribution in [-0.4, -0.2) is 0 Å². The van der Waals surface area contributed by atoms with Crippen LogP contribution in [0.15, 0.2) is 58.3 Å². The fourth-order valence-corrected chi connectivity index (χ4v) is 3.11. The minimum absolute atomic E-state index is 0.112. The van der Waals surface area contributed by atoms with E-state index < -0.39 is 0 Å². The van der Waals surface area contributed by atoms with Crippen molar-refractivity contribution in [2.75, 3.05) is 0 Å². The Morgan fingerprint density at radius 1 is 1.11 bits per heavy atom. The van der Waals surface area contributed by atoms with E-state index in [0.29, 0.717) is 0 Å². The summed E-state index contributed by atoms with van der Waals surface area (Å²) in [5.41, 5.74) is 7.48. The van der Waals surface area contributed by atoms with E-state index in [0.717, 1.165) is 17.9 Å². The molecule has 0 saturated carbocycles. The number of nitrogens with two attached hydrogens (primary N) is 1. The Morgan fingerprint density at radius 2 is 1.79 bits per heavy atom. The highest BCUT2D eigenvalue weighted by Crippen LogP contribution is 2.34. The molecule has 1 nitrogen and oxygen atoms in total. The Balaban J connectivity index is 2.22. The van der Waals surface area contributed by atoms with Crippen LogP contribution < -0.4 is 5.73 Å². The molecule has 1 atom stereocenters. The molecule has 0 amide bonds. The summed E-state index contributed by atoms with van der Waals surface area (Å²) in [5.74, 6) is 0. The van der Waals surface area contributed by atoms with Crippen molar-refractivity contribution in [3.63, 3.8) is 0 Å². The predicted molar refractivity (Wildman–Crippen MR) is 83.9 cm³/mol. The maximum atomic E-state index is 6.25. The number of rotatable bonds is 5. The summed E-state index contributed by atoms with van der Waals surface area (Å²) in [4.78, 5) is 2.41. The first-order chi connectivity index (χ1) is 9.20. The van der Waals surface area contributed by atoms with E-state index in [1.54, 1.807) is 11.8 Å². The van der Waals surface area contributed by atoms with Gasteiger partial charge in [-0.05, 0) is 42.3 Å². The summed E-state index contributed by atoms with van der Waals surface area (Å²) in [5, 5.41) is 0.764. The van der Waals surface area contributed by atoms with Gasteiger partial charge < -0.3 is 5.73 Å².